The minimum atomic E-state index is -0.0498. The van der Waals surface area contributed by atoms with Gasteiger partial charge in [-0.3, -0.25) is 9.69 Å². The smallest absolute Gasteiger partial charge is 0.276 e. The van der Waals surface area contributed by atoms with Crippen molar-refractivity contribution in [3.63, 3.8) is 0 Å². The van der Waals surface area contributed by atoms with Crippen LogP contribution < -0.4 is 5.56 Å². The SMILES string of the molecule is O=c1c2ccccc2nnn1CN1CCc2sccc2[C@H]1C1CC1. The molecule has 0 amide bonds. The molecule has 1 atom stereocenters. The third-order valence-corrected chi connectivity index (χ3v) is 6.13. The van der Waals surface area contributed by atoms with Gasteiger partial charge in [0.1, 0.15) is 5.52 Å². The van der Waals surface area contributed by atoms with E-state index >= 15 is 0 Å². The summed E-state index contributed by atoms with van der Waals surface area (Å²) in [6.07, 6.45) is 3.63. The quantitative estimate of drug-likeness (QED) is 0.737. The van der Waals surface area contributed by atoms with Crippen molar-refractivity contribution in [2.24, 2.45) is 5.92 Å². The molecular formula is C18H18N4OS. The van der Waals surface area contributed by atoms with Crippen molar-refractivity contribution in [2.45, 2.75) is 32.0 Å². The normalized spacial score (nSPS) is 21.1. The van der Waals surface area contributed by atoms with Gasteiger partial charge in [0.2, 0.25) is 0 Å². The summed E-state index contributed by atoms with van der Waals surface area (Å²) in [5.41, 5.74) is 2.08. The predicted octanol–water partition coefficient (Wildman–Crippen LogP) is 2.82. The molecule has 5 nitrogen and oxygen atoms in total. The molecule has 3 aromatic rings. The van der Waals surface area contributed by atoms with Crippen molar-refractivity contribution < 1.29 is 0 Å². The zero-order valence-corrected chi connectivity index (χ0v) is 14.1. The van der Waals surface area contributed by atoms with Crippen LogP contribution in [0, 0.1) is 5.92 Å². The fourth-order valence-electron chi connectivity index (χ4n) is 3.81. The van der Waals surface area contributed by atoms with Crippen LogP contribution >= 0.6 is 11.3 Å². The molecule has 2 aromatic heterocycles. The number of benzene rings is 1. The Bertz CT molecular complexity index is 959. The first-order valence-electron chi connectivity index (χ1n) is 8.44. The van der Waals surface area contributed by atoms with Gasteiger partial charge in [-0.15, -0.1) is 16.4 Å². The Balaban J connectivity index is 1.51. The van der Waals surface area contributed by atoms with Gasteiger partial charge in [0.25, 0.3) is 5.56 Å². The van der Waals surface area contributed by atoms with Gasteiger partial charge in [-0.25, -0.2) is 0 Å². The van der Waals surface area contributed by atoms with E-state index in [1.165, 1.54) is 28.0 Å². The highest BCUT2D eigenvalue weighted by Crippen LogP contribution is 2.48. The van der Waals surface area contributed by atoms with Gasteiger partial charge in [-0.2, -0.15) is 4.68 Å². The minimum Gasteiger partial charge on any atom is -0.276 e. The molecule has 3 heterocycles. The van der Waals surface area contributed by atoms with E-state index in [-0.39, 0.29) is 5.56 Å². The lowest BCUT2D eigenvalue weighted by atomic mass is 9.96. The summed E-state index contributed by atoms with van der Waals surface area (Å²) in [6, 6.07) is 10.1. The van der Waals surface area contributed by atoms with Crippen molar-refractivity contribution in [3.8, 4) is 0 Å². The van der Waals surface area contributed by atoms with E-state index in [9.17, 15) is 4.79 Å². The Kier molecular flexibility index (Phi) is 3.28. The summed E-state index contributed by atoms with van der Waals surface area (Å²) in [6.45, 7) is 1.50. The number of fused-ring (bicyclic) bond motifs is 2. The number of rotatable bonds is 3. The van der Waals surface area contributed by atoms with Gasteiger partial charge in [0.05, 0.1) is 12.1 Å². The predicted molar refractivity (Wildman–Crippen MR) is 94.0 cm³/mol. The topological polar surface area (TPSA) is 51.0 Å². The highest BCUT2D eigenvalue weighted by molar-refractivity contribution is 7.10. The second-order valence-corrected chi connectivity index (χ2v) is 7.70. The maximum atomic E-state index is 12.7. The van der Waals surface area contributed by atoms with Crippen LogP contribution in [0.2, 0.25) is 0 Å². The maximum Gasteiger partial charge on any atom is 0.278 e. The summed E-state index contributed by atoms with van der Waals surface area (Å²) >= 11 is 1.86. The molecule has 0 spiro atoms. The monoisotopic (exact) mass is 338 g/mol. The first-order chi connectivity index (χ1) is 11.8. The molecule has 0 bridgehead atoms. The minimum absolute atomic E-state index is 0.0498. The average molecular weight is 338 g/mol. The summed E-state index contributed by atoms with van der Waals surface area (Å²) in [5.74, 6) is 0.725. The van der Waals surface area contributed by atoms with Crippen LogP contribution in [0.25, 0.3) is 10.9 Å². The van der Waals surface area contributed by atoms with Gasteiger partial charge in [0, 0.05) is 17.5 Å². The molecule has 1 fully saturated rings. The molecule has 0 N–H and O–H groups in total. The van der Waals surface area contributed by atoms with E-state index in [2.05, 4.69) is 26.7 Å². The van der Waals surface area contributed by atoms with Gasteiger partial charge in [-0.05, 0) is 54.3 Å². The van der Waals surface area contributed by atoms with E-state index < -0.39 is 0 Å². The van der Waals surface area contributed by atoms with Crippen LogP contribution in [0.15, 0.2) is 40.5 Å². The van der Waals surface area contributed by atoms with Crippen LogP contribution in [-0.2, 0) is 13.1 Å². The largest absolute Gasteiger partial charge is 0.278 e. The van der Waals surface area contributed by atoms with E-state index in [0.717, 1.165) is 18.9 Å². The second-order valence-electron chi connectivity index (χ2n) is 6.70. The van der Waals surface area contributed by atoms with E-state index in [4.69, 9.17) is 0 Å². The van der Waals surface area contributed by atoms with Gasteiger partial charge in [-0.1, -0.05) is 17.3 Å². The van der Waals surface area contributed by atoms with Gasteiger partial charge >= 0.3 is 0 Å². The fraction of sp³-hybridized carbons (Fsp3) is 0.389. The van der Waals surface area contributed by atoms with E-state index in [1.807, 2.05) is 35.6 Å². The van der Waals surface area contributed by atoms with Crippen LogP contribution in [0.5, 0.6) is 0 Å². The molecular weight excluding hydrogens is 320 g/mol. The first kappa shape index (κ1) is 14.3. The maximum absolute atomic E-state index is 12.7. The molecule has 2 aliphatic rings. The first-order valence-corrected chi connectivity index (χ1v) is 9.32. The molecule has 6 heteroatoms. The highest BCUT2D eigenvalue weighted by Gasteiger charge is 2.40. The highest BCUT2D eigenvalue weighted by atomic mass is 32.1. The lowest BCUT2D eigenvalue weighted by molar-refractivity contribution is 0.114. The molecule has 1 aliphatic carbocycles. The summed E-state index contributed by atoms with van der Waals surface area (Å²) < 4.78 is 1.52. The van der Waals surface area contributed by atoms with Crippen LogP contribution in [0.1, 0.15) is 29.3 Å². The summed E-state index contributed by atoms with van der Waals surface area (Å²) in [4.78, 5) is 16.7. The zero-order valence-electron chi connectivity index (χ0n) is 13.3. The average Bonchev–Trinajstić information content (AvgIpc) is 3.33. The van der Waals surface area contributed by atoms with Crippen LogP contribution in [-0.4, -0.2) is 26.4 Å². The van der Waals surface area contributed by atoms with E-state index in [1.54, 1.807) is 0 Å². The van der Waals surface area contributed by atoms with Crippen molar-refractivity contribution in [1.29, 1.82) is 0 Å². The Morgan fingerprint density at radius 1 is 1.21 bits per heavy atom. The molecule has 1 saturated carbocycles. The molecule has 24 heavy (non-hydrogen) atoms. The Labute approximate surface area is 143 Å². The molecule has 1 aromatic carbocycles. The fourth-order valence-corrected chi connectivity index (χ4v) is 4.72. The molecule has 0 saturated heterocycles. The number of thiophene rings is 1. The third-order valence-electron chi connectivity index (χ3n) is 5.13. The zero-order chi connectivity index (χ0) is 16.1. The Morgan fingerprint density at radius 2 is 2.08 bits per heavy atom. The van der Waals surface area contributed by atoms with Crippen LogP contribution in [0.3, 0.4) is 0 Å². The van der Waals surface area contributed by atoms with Crippen molar-refractivity contribution in [1.82, 2.24) is 19.9 Å². The molecule has 122 valence electrons. The number of nitrogens with zero attached hydrogens (tertiary/aromatic N) is 4. The lowest BCUT2D eigenvalue weighted by Crippen LogP contribution is -2.40. The second kappa shape index (κ2) is 5.50. The molecule has 0 unspecified atom stereocenters. The summed E-state index contributed by atoms with van der Waals surface area (Å²) in [7, 11) is 0. The number of hydrogen-bond acceptors (Lipinski definition) is 5. The third kappa shape index (κ3) is 2.29. The van der Waals surface area contributed by atoms with Gasteiger partial charge in [0.15, 0.2) is 0 Å². The van der Waals surface area contributed by atoms with Gasteiger partial charge < -0.3 is 0 Å². The number of hydrogen-bond donors (Lipinski definition) is 0. The van der Waals surface area contributed by atoms with Crippen LogP contribution in [0.4, 0.5) is 0 Å². The lowest BCUT2D eigenvalue weighted by Gasteiger charge is -2.35. The molecule has 0 radical (unpaired) electrons. The van der Waals surface area contributed by atoms with E-state index in [0.29, 0.717) is 23.6 Å². The van der Waals surface area contributed by atoms with Crippen molar-refractivity contribution >= 4 is 22.2 Å². The Hall–Kier alpha value is -2.05. The molecule has 1 aliphatic heterocycles. The van der Waals surface area contributed by atoms with Crippen molar-refractivity contribution in [2.75, 3.05) is 6.54 Å². The molecule has 5 rings (SSSR count). The number of aromatic nitrogens is 3. The van der Waals surface area contributed by atoms with Crippen molar-refractivity contribution in [3.05, 3.63) is 56.5 Å². The summed E-state index contributed by atoms with van der Waals surface area (Å²) in [5, 5.41) is 11.2. The standard InChI is InChI=1S/C18H18N4OS/c23-18-13-3-1-2-4-15(13)19-20-22(18)11-21-9-7-16-14(8-10-24-16)17(21)12-5-6-12/h1-4,8,10,12,17H,5-7,9,11H2/t17-/m1/s1. The Morgan fingerprint density at radius 3 is 2.96 bits per heavy atom.